The summed E-state index contributed by atoms with van der Waals surface area (Å²) < 4.78 is 42.9. The molecule has 0 N–H and O–H groups in total. The summed E-state index contributed by atoms with van der Waals surface area (Å²) in [5, 5.41) is 10.4. The summed E-state index contributed by atoms with van der Waals surface area (Å²) in [7, 11) is -4.40. The molecule has 7 nitrogen and oxygen atoms in total. The van der Waals surface area contributed by atoms with Gasteiger partial charge in [0.2, 0.25) is 5.71 Å². The highest BCUT2D eigenvalue weighted by Crippen LogP contribution is 2.26. The van der Waals surface area contributed by atoms with Crippen LogP contribution in [0.15, 0.2) is 64.6 Å². The Kier molecular flexibility index (Phi) is 5.39. The first-order valence-electron chi connectivity index (χ1n) is 6.81. The van der Waals surface area contributed by atoms with Crippen molar-refractivity contribution in [1.82, 2.24) is 0 Å². The Morgan fingerprint density at radius 1 is 1.20 bits per heavy atom. The van der Waals surface area contributed by atoms with Crippen LogP contribution in [0.2, 0.25) is 0 Å². The van der Waals surface area contributed by atoms with Gasteiger partial charge in [-0.25, -0.2) is 0 Å². The number of nitrogens with zero attached hydrogens (tertiary/aromatic N) is 2. The van der Waals surface area contributed by atoms with Gasteiger partial charge < -0.3 is 0 Å². The van der Waals surface area contributed by atoms with Crippen molar-refractivity contribution in [3.05, 3.63) is 75.8 Å². The molecule has 132 valence electrons. The Balaban J connectivity index is 2.44. The van der Waals surface area contributed by atoms with E-state index in [1.807, 2.05) is 0 Å². The third kappa shape index (κ3) is 4.31. The normalized spacial score (nSPS) is 14.6. The number of rotatable bonds is 6. The minimum atomic E-state index is -4.40. The summed E-state index contributed by atoms with van der Waals surface area (Å²) in [5.74, 6) is 0. The molecule has 0 aromatic heterocycles. The maximum Gasteiger partial charge on any atom is 0.485 e. The van der Waals surface area contributed by atoms with Crippen LogP contribution in [-0.2, 0) is 14.4 Å². The van der Waals surface area contributed by atoms with E-state index in [2.05, 4.69) is 9.44 Å². The van der Waals surface area contributed by atoms with Gasteiger partial charge in [0.15, 0.2) is 0 Å². The highest BCUT2D eigenvalue weighted by Gasteiger charge is 2.49. The van der Waals surface area contributed by atoms with Crippen LogP contribution in [0, 0.1) is 17.0 Å². The average Bonchev–Trinajstić information content (AvgIpc) is 2.56. The third-order valence-corrected chi connectivity index (χ3v) is 4.54. The molecule has 1 unspecified atom stereocenters. The summed E-state index contributed by atoms with van der Waals surface area (Å²) in [6, 6.07) is 12.6. The van der Waals surface area contributed by atoms with Crippen molar-refractivity contribution in [2.45, 2.75) is 17.1 Å². The molecule has 0 saturated heterocycles. The van der Waals surface area contributed by atoms with Crippen LogP contribution in [-0.4, -0.2) is 24.3 Å². The van der Waals surface area contributed by atoms with Crippen LogP contribution in [0.25, 0.3) is 0 Å². The van der Waals surface area contributed by atoms with E-state index in [1.165, 1.54) is 48.5 Å². The number of nitro groups is 1. The summed E-state index contributed by atoms with van der Waals surface area (Å²) >= 11 is 5.30. The van der Waals surface area contributed by atoms with Crippen molar-refractivity contribution >= 4 is 27.4 Å². The molecule has 0 amide bonds. The highest BCUT2D eigenvalue weighted by atomic mass is 35.5. The van der Waals surface area contributed by atoms with Gasteiger partial charge >= 0.3 is 15.4 Å². The molecule has 0 radical (unpaired) electrons. The Bertz CT molecular complexity index is 899. The van der Waals surface area contributed by atoms with Crippen molar-refractivity contribution in [3.63, 3.8) is 0 Å². The quantitative estimate of drug-likeness (QED) is 0.249. The minimum Gasteiger partial charge on any atom is -0.264 e. The number of oxime groups is 1. The predicted octanol–water partition coefficient (Wildman–Crippen LogP) is 3.24. The molecule has 0 aliphatic rings. The fourth-order valence-electron chi connectivity index (χ4n) is 1.80. The predicted molar refractivity (Wildman–Crippen MR) is 89.1 cm³/mol. The SMILES string of the molecule is Cc1ccc(S(=O)(=O)ON=C(c2ccccc2)C(F)(Cl)[N+](=O)[O-])cc1. The largest absolute Gasteiger partial charge is 0.485 e. The van der Waals surface area contributed by atoms with Gasteiger partial charge in [0, 0.05) is 17.2 Å². The molecule has 25 heavy (non-hydrogen) atoms. The fourth-order valence-corrected chi connectivity index (χ4v) is 2.67. The summed E-state index contributed by atoms with van der Waals surface area (Å²) in [6.45, 7) is 1.75. The second-order valence-electron chi connectivity index (χ2n) is 4.95. The van der Waals surface area contributed by atoms with Gasteiger partial charge in [0.05, 0.1) is 4.92 Å². The average molecular weight is 387 g/mol. The lowest BCUT2D eigenvalue weighted by Crippen LogP contribution is -2.37. The standard InChI is InChI=1S/C15H12ClFN2O5S/c1-11-7-9-13(10-8-11)25(22,23)24-18-14(15(16,17)19(20)21)12-5-3-2-4-6-12/h2-10H,1H3. The van der Waals surface area contributed by atoms with Gasteiger partial charge in [0.1, 0.15) is 4.90 Å². The van der Waals surface area contributed by atoms with Gasteiger partial charge in [-0.2, -0.15) is 8.42 Å². The van der Waals surface area contributed by atoms with E-state index in [4.69, 9.17) is 11.6 Å². The number of alkyl halides is 2. The second kappa shape index (κ2) is 7.16. The number of benzene rings is 2. The van der Waals surface area contributed by atoms with E-state index >= 15 is 0 Å². The maximum absolute atomic E-state index is 14.3. The van der Waals surface area contributed by atoms with Gasteiger partial charge in [0.25, 0.3) is 0 Å². The third-order valence-electron chi connectivity index (χ3n) is 3.10. The minimum absolute atomic E-state index is 0.101. The van der Waals surface area contributed by atoms with Crippen LogP contribution >= 0.6 is 11.6 Å². The first kappa shape index (κ1) is 18.8. The second-order valence-corrected chi connectivity index (χ2v) is 6.98. The Hall–Kier alpha value is -2.52. The molecule has 0 aliphatic heterocycles. The zero-order chi connectivity index (χ0) is 18.7. The van der Waals surface area contributed by atoms with Crippen molar-refractivity contribution < 1.29 is 22.0 Å². The van der Waals surface area contributed by atoms with E-state index < -0.39 is 26.0 Å². The van der Waals surface area contributed by atoms with E-state index in [-0.39, 0.29) is 10.5 Å². The molecule has 10 heteroatoms. The van der Waals surface area contributed by atoms with Crippen LogP contribution in [0.3, 0.4) is 0 Å². The summed E-state index contributed by atoms with van der Waals surface area (Å²) in [4.78, 5) is 9.20. The molecule has 0 fully saturated rings. The highest BCUT2D eigenvalue weighted by molar-refractivity contribution is 7.86. The number of halogens is 2. The van der Waals surface area contributed by atoms with Gasteiger partial charge in [-0.15, -0.1) is 4.39 Å². The molecule has 0 aliphatic carbocycles. The van der Waals surface area contributed by atoms with E-state index in [9.17, 15) is 22.9 Å². The molecular weight excluding hydrogens is 375 g/mol. The van der Waals surface area contributed by atoms with Crippen molar-refractivity contribution in [2.24, 2.45) is 5.16 Å². The van der Waals surface area contributed by atoms with Crippen LogP contribution in [0.5, 0.6) is 0 Å². The molecule has 1 atom stereocenters. The molecule has 0 heterocycles. The first-order chi connectivity index (χ1) is 11.6. The summed E-state index contributed by atoms with van der Waals surface area (Å²) in [5.41, 5.74) is -0.282. The van der Waals surface area contributed by atoms with Crippen molar-refractivity contribution in [1.29, 1.82) is 0 Å². The molecule has 2 aromatic rings. The zero-order valence-corrected chi connectivity index (χ0v) is 14.4. The summed E-state index contributed by atoms with van der Waals surface area (Å²) in [6.07, 6.45) is 0. The monoisotopic (exact) mass is 386 g/mol. The molecule has 0 spiro atoms. The molecule has 2 aromatic carbocycles. The molecule has 0 saturated carbocycles. The topological polar surface area (TPSA) is 98.9 Å². The molecule has 2 rings (SSSR count). The molecular formula is C15H12ClFN2O5S. The van der Waals surface area contributed by atoms with Crippen molar-refractivity contribution in [2.75, 3.05) is 0 Å². The van der Waals surface area contributed by atoms with Gasteiger partial charge in [-0.05, 0) is 19.1 Å². The smallest absolute Gasteiger partial charge is 0.264 e. The van der Waals surface area contributed by atoms with Gasteiger partial charge in [-0.1, -0.05) is 53.2 Å². The van der Waals surface area contributed by atoms with Crippen molar-refractivity contribution in [3.8, 4) is 0 Å². The number of aryl methyl sites for hydroxylation is 1. The van der Waals surface area contributed by atoms with E-state index in [1.54, 1.807) is 13.0 Å². The Morgan fingerprint density at radius 2 is 1.76 bits per heavy atom. The zero-order valence-electron chi connectivity index (χ0n) is 12.8. The van der Waals surface area contributed by atoms with Crippen LogP contribution in [0.1, 0.15) is 11.1 Å². The maximum atomic E-state index is 14.3. The molecule has 0 bridgehead atoms. The first-order valence-corrected chi connectivity index (χ1v) is 8.60. The number of hydrogen-bond donors (Lipinski definition) is 0. The Morgan fingerprint density at radius 3 is 2.28 bits per heavy atom. The fraction of sp³-hybridized carbons (Fsp3) is 0.133. The Labute approximate surface area is 148 Å². The lowest BCUT2D eigenvalue weighted by Gasteiger charge is -2.12. The van der Waals surface area contributed by atoms with E-state index in [0.29, 0.717) is 0 Å². The number of hydrogen-bond acceptors (Lipinski definition) is 6. The van der Waals surface area contributed by atoms with E-state index in [0.717, 1.165) is 5.56 Å². The lowest BCUT2D eigenvalue weighted by molar-refractivity contribution is -0.551. The van der Waals surface area contributed by atoms with Gasteiger partial charge in [-0.3, -0.25) is 14.4 Å². The lowest BCUT2D eigenvalue weighted by atomic mass is 10.1. The van der Waals surface area contributed by atoms with Crippen LogP contribution < -0.4 is 0 Å². The van der Waals surface area contributed by atoms with Crippen LogP contribution in [0.4, 0.5) is 4.39 Å².